The van der Waals surface area contributed by atoms with Gasteiger partial charge in [-0.1, -0.05) is 41.9 Å². The maximum atomic E-state index is 13.4. The van der Waals surface area contributed by atoms with Gasteiger partial charge in [0, 0.05) is 16.8 Å². The largest absolute Gasteiger partial charge is 0.495 e. The summed E-state index contributed by atoms with van der Waals surface area (Å²) < 4.78 is 11.3. The maximum Gasteiger partial charge on any atom is 0.255 e. The van der Waals surface area contributed by atoms with E-state index in [9.17, 15) is 4.79 Å². The molecule has 0 bridgehead atoms. The van der Waals surface area contributed by atoms with Crippen LogP contribution in [0, 0.1) is 0 Å². The van der Waals surface area contributed by atoms with E-state index in [-0.39, 0.29) is 5.91 Å². The second-order valence-corrected chi connectivity index (χ2v) is 8.20. The third-order valence-electron chi connectivity index (χ3n) is 5.10. The van der Waals surface area contributed by atoms with E-state index in [1.807, 2.05) is 61.5 Å². The number of halogens is 1. The Morgan fingerprint density at radius 2 is 1.79 bits per heavy atom. The summed E-state index contributed by atoms with van der Waals surface area (Å²) in [5.41, 5.74) is 2.50. The van der Waals surface area contributed by atoms with Crippen LogP contribution in [0.25, 0.3) is 0 Å². The molecule has 0 spiro atoms. The number of hydrogen-bond donors (Lipinski definition) is 3. The summed E-state index contributed by atoms with van der Waals surface area (Å²) in [5, 5.41) is 10.1. The summed E-state index contributed by atoms with van der Waals surface area (Å²) in [6, 6.07) is 21.6. The number of allylic oxidation sites excluding steroid dienone is 1. The second kappa shape index (κ2) is 9.94. The lowest BCUT2D eigenvalue weighted by Crippen LogP contribution is -2.45. The van der Waals surface area contributed by atoms with Gasteiger partial charge < -0.3 is 25.4 Å². The quantitative estimate of drug-likeness (QED) is 0.401. The Morgan fingerprint density at radius 3 is 2.55 bits per heavy atom. The van der Waals surface area contributed by atoms with Crippen LogP contribution in [0.2, 0.25) is 5.02 Å². The van der Waals surface area contributed by atoms with E-state index in [0.29, 0.717) is 38.6 Å². The zero-order chi connectivity index (χ0) is 23.4. The molecule has 168 valence electrons. The fourth-order valence-electron chi connectivity index (χ4n) is 3.59. The molecule has 33 heavy (non-hydrogen) atoms. The first-order chi connectivity index (χ1) is 15.9. The van der Waals surface area contributed by atoms with Gasteiger partial charge in [-0.05, 0) is 61.1 Å². The van der Waals surface area contributed by atoms with Crippen molar-refractivity contribution in [2.24, 2.45) is 0 Å². The molecule has 0 unspecified atom stereocenters. The molecule has 0 fully saturated rings. The molecule has 0 saturated heterocycles. The molecule has 8 heteroatoms. The number of rotatable bonds is 6. The standard InChI is InChI=1S/C25H22ClN3O3S/c1-15-22(24(30)28-20-12-11-17(26)14-21(20)31-2)23(29-25(33)27-15)16-7-6-10-19(13-16)32-18-8-4-3-5-9-18/h3-14,23H,1-2H3,(H,28,30)(H2,27,29,33)/t23-/m1/s1. The van der Waals surface area contributed by atoms with Gasteiger partial charge in [0.05, 0.1) is 24.4 Å². The van der Waals surface area contributed by atoms with Gasteiger partial charge in [-0.25, -0.2) is 0 Å². The lowest BCUT2D eigenvalue weighted by Gasteiger charge is -2.30. The number of para-hydroxylation sites is 1. The van der Waals surface area contributed by atoms with Crippen LogP contribution in [-0.2, 0) is 4.79 Å². The number of methoxy groups -OCH3 is 1. The first-order valence-electron chi connectivity index (χ1n) is 10.2. The van der Waals surface area contributed by atoms with E-state index >= 15 is 0 Å². The first-order valence-corrected chi connectivity index (χ1v) is 11.0. The lowest BCUT2D eigenvalue weighted by molar-refractivity contribution is -0.113. The predicted octanol–water partition coefficient (Wildman–Crippen LogP) is 5.57. The highest BCUT2D eigenvalue weighted by Crippen LogP contribution is 2.33. The molecule has 1 heterocycles. The van der Waals surface area contributed by atoms with Crippen LogP contribution in [0.1, 0.15) is 18.5 Å². The molecule has 1 aliphatic rings. The highest BCUT2D eigenvalue weighted by Gasteiger charge is 2.30. The van der Waals surface area contributed by atoms with Gasteiger partial charge in [-0.3, -0.25) is 4.79 Å². The third kappa shape index (κ3) is 5.27. The molecule has 1 atom stereocenters. The topological polar surface area (TPSA) is 71.6 Å². The number of anilines is 1. The van der Waals surface area contributed by atoms with Crippen molar-refractivity contribution in [3.8, 4) is 17.2 Å². The van der Waals surface area contributed by atoms with Gasteiger partial charge in [-0.2, -0.15) is 0 Å². The SMILES string of the molecule is COc1cc(Cl)ccc1NC(=O)C1=C(C)NC(=S)N[C@@H]1c1cccc(Oc2ccccc2)c1. The van der Waals surface area contributed by atoms with Gasteiger partial charge in [0.25, 0.3) is 5.91 Å². The molecule has 3 aromatic rings. The molecule has 4 rings (SSSR count). The molecule has 1 aliphatic heterocycles. The Morgan fingerprint density at radius 1 is 1.03 bits per heavy atom. The summed E-state index contributed by atoms with van der Waals surface area (Å²) >= 11 is 11.4. The second-order valence-electron chi connectivity index (χ2n) is 7.36. The van der Waals surface area contributed by atoms with Crippen molar-refractivity contribution in [1.29, 1.82) is 0 Å². The Hall–Kier alpha value is -3.55. The Labute approximate surface area is 202 Å². The van der Waals surface area contributed by atoms with E-state index in [1.54, 1.807) is 18.2 Å². The summed E-state index contributed by atoms with van der Waals surface area (Å²) in [6.45, 7) is 1.82. The summed E-state index contributed by atoms with van der Waals surface area (Å²) in [6.07, 6.45) is 0. The Kier molecular flexibility index (Phi) is 6.82. The highest BCUT2D eigenvalue weighted by atomic mass is 35.5. The van der Waals surface area contributed by atoms with E-state index in [1.165, 1.54) is 7.11 Å². The molecule has 0 aromatic heterocycles. The van der Waals surface area contributed by atoms with Crippen LogP contribution in [0.5, 0.6) is 17.2 Å². The maximum absolute atomic E-state index is 13.4. The van der Waals surface area contributed by atoms with Gasteiger partial charge >= 0.3 is 0 Å². The monoisotopic (exact) mass is 479 g/mol. The molecule has 0 saturated carbocycles. The summed E-state index contributed by atoms with van der Waals surface area (Å²) in [4.78, 5) is 13.4. The molecular formula is C25H22ClN3O3S. The van der Waals surface area contributed by atoms with E-state index in [4.69, 9.17) is 33.3 Å². The van der Waals surface area contributed by atoms with Crippen LogP contribution in [-0.4, -0.2) is 18.1 Å². The zero-order valence-corrected chi connectivity index (χ0v) is 19.6. The van der Waals surface area contributed by atoms with Crippen LogP contribution >= 0.6 is 23.8 Å². The number of thiocarbonyl (C=S) groups is 1. The summed E-state index contributed by atoms with van der Waals surface area (Å²) in [7, 11) is 1.52. The molecule has 0 aliphatic carbocycles. The molecule has 6 nitrogen and oxygen atoms in total. The predicted molar refractivity (Wildman–Crippen MR) is 134 cm³/mol. The number of nitrogens with one attached hydrogen (secondary N) is 3. The van der Waals surface area contributed by atoms with Crippen molar-refractivity contribution in [1.82, 2.24) is 10.6 Å². The van der Waals surface area contributed by atoms with Gasteiger partial charge in [-0.15, -0.1) is 0 Å². The zero-order valence-electron chi connectivity index (χ0n) is 18.0. The van der Waals surface area contributed by atoms with E-state index in [2.05, 4.69) is 16.0 Å². The van der Waals surface area contributed by atoms with E-state index < -0.39 is 6.04 Å². The van der Waals surface area contributed by atoms with Crippen LogP contribution in [0.4, 0.5) is 5.69 Å². The minimum Gasteiger partial charge on any atom is -0.495 e. The van der Waals surface area contributed by atoms with Crippen LogP contribution < -0.4 is 25.4 Å². The molecule has 3 N–H and O–H groups in total. The van der Waals surface area contributed by atoms with Crippen LogP contribution in [0.3, 0.4) is 0 Å². The number of benzene rings is 3. The first kappa shape index (κ1) is 22.6. The molecular weight excluding hydrogens is 458 g/mol. The van der Waals surface area contributed by atoms with Crippen molar-refractivity contribution in [3.05, 3.63) is 94.7 Å². The van der Waals surface area contributed by atoms with Crippen molar-refractivity contribution in [2.45, 2.75) is 13.0 Å². The number of ether oxygens (including phenoxy) is 2. The number of carbonyl (C=O) groups is 1. The third-order valence-corrected chi connectivity index (χ3v) is 5.55. The van der Waals surface area contributed by atoms with Gasteiger partial charge in [0.2, 0.25) is 0 Å². The number of carbonyl (C=O) groups excluding carboxylic acids is 1. The normalized spacial score (nSPS) is 15.4. The van der Waals surface area contributed by atoms with Crippen molar-refractivity contribution < 1.29 is 14.3 Å². The average molecular weight is 480 g/mol. The summed E-state index contributed by atoms with van der Waals surface area (Å²) in [5.74, 6) is 1.55. The van der Waals surface area contributed by atoms with Crippen molar-refractivity contribution in [3.63, 3.8) is 0 Å². The van der Waals surface area contributed by atoms with E-state index in [0.717, 1.165) is 11.3 Å². The molecule has 1 amide bonds. The average Bonchev–Trinajstić information content (AvgIpc) is 2.80. The van der Waals surface area contributed by atoms with Gasteiger partial charge in [0.1, 0.15) is 17.2 Å². The number of hydrogen-bond acceptors (Lipinski definition) is 4. The molecule has 0 radical (unpaired) electrons. The minimum atomic E-state index is -0.476. The van der Waals surface area contributed by atoms with Crippen LogP contribution in [0.15, 0.2) is 84.1 Å². The fraction of sp³-hybridized carbons (Fsp3) is 0.120. The number of amides is 1. The minimum absolute atomic E-state index is 0.296. The fourth-order valence-corrected chi connectivity index (χ4v) is 4.02. The Bertz CT molecular complexity index is 1230. The van der Waals surface area contributed by atoms with Crippen molar-refractivity contribution in [2.75, 3.05) is 12.4 Å². The molecule has 3 aromatic carbocycles. The van der Waals surface area contributed by atoms with Crippen molar-refractivity contribution >= 4 is 40.5 Å². The smallest absolute Gasteiger partial charge is 0.255 e. The van der Waals surface area contributed by atoms with Gasteiger partial charge in [0.15, 0.2) is 5.11 Å². The lowest BCUT2D eigenvalue weighted by atomic mass is 9.94. The Balaban J connectivity index is 1.65. The highest BCUT2D eigenvalue weighted by molar-refractivity contribution is 7.80.